The van der Waals surface area contributed by atoms with Crippen LogP contribution < -0.4 is 5.73 Å². The lowest BCUT2D eigenvalue weighted by molar-refractivity contribution is 0.695. The van der Waals surface area contributed by atoms with E-state index in [9.17, 15) is 0 Å². The summed E-state index contributed by atoms with van der Waals surface area (Å²) in [5.74, 6) is 0.922. The highest BCUT2D eigenvalue weighted by atomic mass is 79.9. The molecule has 1 aromatic carbocycles. The van der Waals surface area contributed by atoms with Crippen LogP contribution in [0, 0.1) is 6.92 Å². The molecule has 1 aromatic heterocycles. The molecule has 0 aliphatic rings. The molecule has 0 amide bonds. The zero-order valence-electron chi connectivity index (χ0n) is 9.08. The van der Waals surface area contributed by atoms with Gasteiger partial charge in [-0.3, -0.25) is 0 Å². The molecule has 0 fully saturated rings. The lowest BCUT2D eigenvalue weighted by Gasteiger charge is -2.06. The van der Waals surface area contributed by atoms with Gasteiger partial charge in [0, 0.05) is 11.5 Å². The third-order valence-electron chi connectivity index (χ3n) is 2.57. The van der Waals surface area contributed by atoms with Gasteiger partial charge in [0.1, 0.15) is 5.82 Å². The van der Waals surface area contributed by atoms with Gasteiger partial charge in [-0.1, -0.05) is 15.9 Å². The first kappa shape index (κ1) is 10.6. The molecule has 15 heavy (non-hydrogen) atoms. The average molecular weight is 268 g/mol. The van der Waals surface area contributed by atoms with E-state index in [1.165, 1.54) is 5.56 Å². The Bertz CT molecular complexity index is 514. The summed E-state index contributed by atoms with van der Waals surface area (Å²) >= 11 is 3.47. The zero-order chi connectivity index (χ0) is 11.2. The molecule has 4 heteroatoms. The van der Waals surface area contributed by atoms with Crippen LogP contribution in [0.1, 0.15) is 24.4 Å². The first-order valence-corrected chi connectivity index (χ1v) is 5.68. The topological polar surface area (TPSA) is 43.8 Å². The second-order valence-corrected chi connectivity index (χ2v) is 4.82. The largest absolute Gasteiger partial charge is 0.330 e. The number of halogens is 1. The maximum atomic E-state index is 5.87. The molecule has 0 spiro atoms. The molecule has 0 aliphatic carbocycles. The highest BCUT2D eigenvalue weighted by molar-refractivity contribution is 9.10. The van der Waals surface area contributed by atoms with Crippen LogP contribution in [-0.4, -0.2) is 9.55 Å². The van der Waals surface area contributed by atoms with Gasteiger partial charge in [0.25, 0.3) is 0 Å². The summed E-state index contributed by atoms with van der Waals surface area (Å²) in [6.45, 7) is 4.03. The molecule has 0 saturated carbocycles. The lowest BCUT2D eigenvalue weighted by atomic mass is 10.2. The van der Waals surface area contributed by atoms with Crippen molar-refractivity contribution >= 4 is 27.0 Å². The van der Waals surface area contributed by atoms with E-state index in [-0.39, 0.29) is 6.04 Å². The van der Waals surface area contributed by atoms with E-state index < -0.39 is 0 Å². The van der Waals surface area contributed by atoms with Gasteiger partial charge in [0.15, 0.2) is 0 Å². The summed E-state index contributed by atoms with van der Waals surface area (Å²) < 4.78 is 3.13. The monoisotopic (exact) mass is 267 g/mol. The second-order valence-electron chi connectivity index (χ2n) is 3.91. The highest BCUT2D eigenvalue weighted by Gasteiger charge is 2.13. The lowest BCUT2D eigenvalue weighted by Crippen LogP contribution is -2.11. The van der Waals surface area contributed by atoms with Crippen molar-refractivity contribution in [3.05, 3.63) is 28.0 Å². The summed E-state index contributed by atoms with van der Waals surface area (Å²) in [5.41, 5.74) is 9.24. The van der Waals surface area contributed by atoms with E-state index in [4.69, 9.17) is 5.73 Å². The van der Waals surface area contributed by atoms with E-state index in [1.54, 1.807) is 0 Å². The quantitative estimate of drug-likeness (QED) is 0.864. The minimum absolute atomic E-state index is 0.0411. The fourth-order valence-electron chi connectivity index (χ4n) is 1.96. The van der Waals surface area contributed by atoms with Crippen molar-refractivity contribution in [3.63, 3.8) is 0 Å². The smallest absolute Gasteiger partial charge is 0.126 e. The molecular formula is C11H14BrN3. The number of nitrogens with zero attached hydrogens (tertiary/aromatic N) is 2. The molecule has 0 radical (unpaired) electrons. The van der Waals surface area contributed by atoms with E-state index in [1.807, 2.05) is 20.0 Å². The molecule has 1 unspecified atom stereocenters. The molecule has 2 N–H and O–H groups in total. The number of fused-ring (bicyclic) bond motifs is 1. The van der Waals surface area contributed by atoms with Crippen molar-refractivity contribution < 1.29 is 0 Å². The molecule has 2 aromatic rings. The van der Waals surface area contributed by atoms with Crippen LogP contribution in [-0.2, 0) is 7.05 Å². The van der Waals surface area contributed by atoms with Crippen molar-refractivity contribution in [2.24, 2.45) is 12.8 Å². The van der Waals surface area contributed by atoms with Gasteiger partial charge in [0.2, 0.25) is 0 Å². The molecule has 2 rings (SSSR count). The Balaban J connectivity index is 2.82. The van der Waals surface area contributed by atoms with Crippen molar-refractivity contribution in [3.8, 4) is 0 Å². The van der Waals surface area contributed by atoms with Crippen LogP contribution in [0.4, 0.5) is 0 Å². The maximum absolute atomic E-state index is 5.87. The van der Waals surface area contributed by atoms with E-state index in [0.717, 1.165) is 21.3 Å². The Morgan fingerprint density at radius 1 is 1.47 bits per heavy atom. The van der Waals surface area contributed by atoms with Gasteiger partial charge in [0.05, 0.1) is 17.1 Å². The van der Waals surface area contributed by atoms with Gasteiger partial charge >= 0.3 is 0 Å². The fraction of sp³-hybridized carbons (Fsp3) is 0.364. The van der Waals surface area contributed by atoms with Crippen LogP contribution in [0.25, 0.3) is 11.0 Å². The predicted molar refractivity (Wildman–Crippen MR) is 65.8 cm³/mol. The second kappa shape index (κ2) is 3.61. The number of nitrogens with two attached hydrogens (primary N) is 1. The predicted octanol–water partition coefficient (Wildman–Crippen LogP) is 2.66. The van der Waals surface area contributed by atoms with Crippen molar-refractivity contribution in [1.82, 2.24) is 9.55 Å². The van der Waals surface area contributed by atoms with Crippen molar-refractivity contribution in [1.29, 1.82) is 0 Å². The number of imidazole rings is 1. The maximum Gasteiger partial charge on any atom is 0.126 e. The molecule has 3 nitrogen and oxygen atoms in total. The Labute approximate surface area is 97.4 Å². The van der Waals surface area contributed by atoms with E-state index in [0.29, 0.717) is 0 Å². The Morgan fingerprint density at radius 2 is 2.13 bits per heavy atom. The Morgan fingerprint density at radius 3 is 2.73 bits per heavy atom. The SMILES string of the molecule is Cc1cc(Br)cc2nc(C(C)N)n(C)c12. The molecule has 80 valence electrons. The number of hydrogen-bond acceptors (Lipinski definition) is 2. The average Bonchev–Trinajstić information content (AvgIpc) is 2.42. The molecule has 1 atom stereocenters. The van der Waals surface area contributed by atoms with Crippen LogP contribution in [0.5, 0.6) is 0 Å². The third-order valence-corrected chi connectivity index (χ3v) is 3.02. The molecule has 1 heterocycles. The normalized spacial score (nSPS) is 13.4. The number of aryl methyl sites for hydroxylation is 2. The summed E-state index contributed by atoms with van der Waals surface area (Å²) in [6.07, 6.45) is 0. The zero-order valence-corrected chi connectivity index (χ0v) is 10.7. The summed E-state index contributed by atoms with van der Waals surface area (Å²) in [7, 11) is 2.01. The number of rotatable bonds is 1. The summed E-state index contributed by atoms with van der Waals surface area (Å²) in [5, 5.41) is 0. The standard InChI is InChI=1S/C11H14BrN3/c1-6-4-8(12)5-9-10(6)15(3)11(14-9)7(2)13/h4-5,7H,13H2,1-3H3. The van der Waals surface area contributed by atoms with Gasteiger partial charge < -0.3 is 10.3 Å². The van der Waals surface area contributed by atoms with E-state index >= 15 is 0 Å². The Kier molecular flexibility index (Phi) is 2.56. The first-order valence-electron chi connectivity index (χ1n) is 4.88. The number of aromatic nitrogens is 2. The summed E-state index contributed by atoms with van der Waals surface area (Å²) in [6, 6.07) is 4.07. The van der Waals surface area contributed by atoms with Gasteiger partial charge in [-0.15, -0.1) is 0 Å². The van der Waals surface area contributed by atoms with Gasteiger partial charge in [-0.05, 0) is 31.5 Å². The fourth-order valence-corrected chi connectivity index (χ4v) is 2.52. The molecular weight excluding hydrogens is 254 g/mol. The molecule has 0 saturated heterocycles. The van der Waals surface area contributed by atoms with Crippen LogP contribution in [0.15, 0.2) is 16.6 Å². The van der Waals surface area contributed by atoms with E-state index in [2.05, 4.69) is 38.5 Å². The van der Waals surface area contributed by atoms with Crippen LogP contribution in [0.3, 0.4) is 0 Å². The highest BCUT2D eigenvalue weighted by Crippen LogP contribution is 2.25. The number of hydrogen-bond donors (Lipinski definition) is 1. The number of benzene rings is 1. The minimum Gasteiger partial charge on any atom is -0.330 e. The van der Waals surface area contributed by atoms with Crippen LogP contribution >= 0.6 is 15.9 Å². The molecule has 0 aliphatic heterocycles. The third kappa shape index (κ3) is 1.68. The van der Waals surface area contributed by atoms with Crippen molar-refractivity contribution in [2.45, 2.75) is 19.9 Å². The first-order chi connectivity index (χ1) is 7.00. The van der Waals surface area contributed by atoms with Gasteiger partial charge in [-0.25, -0.2) is 4.98 Å². The van der Waals surface area contributed by atoms with Crippen LogP contribution in [0.2, 0.25) is 0 Å². The summed E-state index contributed by atoms with van der Waals surface area (Å²) in [4.78, 5) is 4.54. The minimum atomic E-state index is -0.0411. The molecule has 0 bridgehead atoms. The van der Waals surface area contributed by atoms with Gasteiger partial charge in [-0.2, -0.15) is 0 Å². The Hall–Kier alpha value is -0.870. The van der Waals surface area contributed by atoms with Crippen molar-refractivity contribution in [2.75, 3.05) is 0 Å².